The lowest BCUT2D eigenvalue weighted by Crippen LogP contribution is -2.14. The van der Waals surface area contributed by atoms with Gasteiger partial charge in [0.25, 0.3) is 0 Å². The number of allylic oxidation sites excluding steroid dienone is 2. The third kappa shape index (κ3) is 41.0. The molecular formula is C21H46O6. The molecule has 2 aliphatic carbocycles. The number of aliphatic hydroxyl groups excluding tert-OH is 6. The Balaban J connectivity index is -0.000000122. The van der Waals surface area contributed by atoms with Gasteiger partial charge in [-0.1, -0.05) is 37.6 Å². The Morgan fingerprint density at radius 1 is 0.778 bits per heavy atom. The van der Waals surface area contributed by atoms with Gasteiger partial charge in [0, 0.05) is 13.2 Å². The lowest BCUT2D eigenvalue weighted by Gasteiger charge is -2.21. The second kappa shape index (κ2) is 30.0. The number of rotatable bonds is 5. The van der Waals surface area contributed by atoms with Gasteiger partial charge >= 0.3 is 0 Å². The zero-order valence-electron chi connectivity index (χ0n) is 16.8. The SMILES string of the molecule is C.C/C=C/CO.CC(C)=CCO.OCC1CC1.OCC1CCC1.OCCO. The smallest absolute Gasteiger partial charge is 0.0662 e. The van der Waals surface area contributed by atoms with E-state index in [9.17, 15) is 0 Å². The Hall–Kier alpha value is -0.760. The fourth-order valence-corrected chi connectivity index (χ4v) is 1.26. The van der Waals surface area contributed by atoms with Gasteiger partial charge in [-0.25, -0.2) is 0 Å². The summed E-state index contributed by atoms with van der Waals surface area (Å²) in [6.45, 7) is 6.70. The Morgan fingerprint density at radius 2 is 1.22 bits per heavy atom. The van der Waals surface area contributed by atoms with Crippen LogP contribution < -0.4 is 0 Å². The largest absolute Gasteiger partial charge is 0.396 e. The fourth-order valence-electron chi connectivity index (χ4n) is 1.26. The minimum atomic E-state index is -0.125. The molecule has 0 bridgehead atoms. The first-order valence-corrected chi connectivity index (χ1v) is 9.36. The number of hydrogen-bond donors (Lipinski definition) is 6. The molecule has 0 aromatic heterocycles. The summed E-state index contributed by atoms with van der Waals surface area (Å²) in [5.41, 5.74) is 1.16. The van der Waals surface area contributed by atoms with Crippen molar-refractivity contribution in [1.82, 2.24) is 0 Å². The van der Waals surface area contributed by atoms with Crippen molar-refractivity contribution >= 4 is 0 Å². The normalized spacial score (nSPS) is 14.3. The quantitative estimate of drug-likeness (QED) is 0.398. The van der Waals surface area contributed by atoms with Crippen LogP contribution in [0.1, 0.15) is 60.3 Å². The molecule has 166 valence electrons. The molecule has 0 spiro atoms. The molecule has 2 fully saturated rings. The topological polar surface area (TPSA) is 121 Å². The van der Waals surface area contributed by atoms with Gasteiger partial charge in [0.05, 0.1) is 26.4 Å². The first-order valence-electron chi connectivity index (χ1n) is 9.36. The number of aliphatic hydroxyl groups is 6. The van der Waals surface area contributed by atoms with E-state index >= 15 is 0 Å². The molecule has 2 rings (SSSR count). The van der Waals surface area contributed by atoms with Crippen molar-refractivity contribution in [2.24, 2.45) is 11.8 Å². The molecule has 0 saturated heterocycles. The average Bonchev–Trinajstić information content (AvgIpc) is 3.41. The molecule has 0 unspecified atom stereocenters. The zero-order valence-corrected chi connectivity index (χ0v) is 16.8. The first-order chi connectivity index (χ1) is 12.5. The van der Waals surface area contributed by atoms with Gasteiger partial charge in [0.15, 0.2) is 0 Å². The second-order valence-electron chi connectivity index (χ2n) is 6.27. The van der Waals surface area contributed by atoms with Crippen molar-refractivity contribution < 1.29 is 30.6 Å². The average molecular weight is 395 g/mol. The van der Waals surface area contributed by atoms with Gasteiger partial charge in [0.2, 0.25) is 0 Å². The monoisotopic (exact) mass is 394 g/mol. The van der Waals surface area contributed by atoms with E-state index in [1.54, 1.807) is 18.2 Å². The van der Waals surface area contributed by atoms with Crippen molar-refractivity contribution in [3.63, 3.8) is 0 Å². The summed E-state index contributed by atoms with van der Waals surface area (Å²) >= 11 is 0. The van der Waals surface area contributed by atoms with Gasteiger partial charge in [-0.3, -0.25) is 0 Å². The lowest BCUT2D eigenvalue weighted by atomic mass is 9.86. The van der Waals surface area contributed by atoms with Gasteiger partial charge in [-0.05, 0) is 58.3 Å². The van der Waals surface area contributed by atoms with E-state index in [1.165, 1.54) is 32.1 Å². The standard InChI is InChI=1S/2C5H10O.2C4H8O.C2H6O2.CH4/c6-4-5-2-1-3-5;1-5(2)3-4-6;5-3-4-1-2-4;1-2-3-4-5;3-1-2-4;/h5-6H,1-4H2;3,6H,4H2,1-2H3;4-5H,1-3H2;2-3,5H,4H2,1H3;3-4H,1-2H2;1H4/b;;;3-2+;;. The van der Waals surface area contributed by atoms with Gasteiger partial charge < -0.3 is 30.6 Å². The van der Waals surface area contributed by atoms with E-state index in [4.69, 9.17) is 30.6 Å². The highest BCUT2D eigenvalue weighted by Gasteiger charge is 2.18. The van der Waals surface area contributed by atoms with Crippen molar-refractivity contribution in [3.05, 3.63) is 23.8 Å². The van der Waals surface area contributed by atoms with E-state index in [0.717, 1.165) is 5.57 Å². The van der Waals surface area contributed by atoms with Crippen LogP contribution in [-0.4, -0.2) is 70.3 Å². The highest BCUT2D eigenvalue weighted by atomic mass is 16.3. The minimum absolute atomic E-state index is 0. The maximum atomic E-state index is 8.39. The molecule has 2 saturated carbocycles. The van der Waals surface area contributed by atoms with Crippen LogP contribution in [0.4, 0.5) is 0 Å². The summed E-state index contributed by atoms with van der Waals surface area (Å²) in [6.07, 6.45) is 11.6. The van der Waals surface area contributed by atoms with Gasteiger partial charge in [0.1, 0.15) is 0 Å². The molecule has 0 heterocycles. The second-order valence-corrected chi connectivity index (χ2v) is 6.27. The van der Waals surface area contributed by atoms with Crippen molar-refractivity contribution in [2.45, 2.75) is 60.3 Å². The summed E-state index contributed by atoms with van der Waals surface area (Å²) in [5.74, 6) is 1.36. The van der Waals surface area contributed by atoms with E-state index < -0.39 is 0 Å². The Bertz CT molecular complexity index is 288. The van der Waals surface area contributed by atoms with E-state index in [1.807, 2.05) is 20.8 Å². The molecule has 0 atom stereocenters. The van der Waals surface area contributed by atoms with Crippen LogP contribution in [-0.2, 0) is 0 Å². The molecule has 6 heteroatoms. The van der Waals surface area contributed by atoms with E-state index in [-0.39, 0.29) is 33.9 Å². The molecular weight excluding hydrogens is 348 g/mol. The van der Waals surface area contributed by atoms with Crippen LogP contribution in [0.3, 0.4) is 0 Å². The summed E-state index contributed by atoms with van der Waals surface area (Å²) in [6, 6.07) is 0. The molecule has 27 heavy (non-hydrogen) atoms. The van der Waals surface area contributed by atoms with E-state index in [2.05, 4.69) is 0 Å². The molecule has 0 aromatic rings. The summed E-state index contributed by atoms with van der Waals surface area (Å²) in [4.78, 5) is 0. The molecule has 6 N–H and O–H groups in total. The maximum Gasteiger partial charge on any atom is 0.0662 e. The fraction of sp³-hybridized carbons (Fsp3) is 0.810. The van der Waals surface area contributed by atoms with Crippen LogP contribution in [0.25, 0.3) is 0 Å². The predicted molar refractivity (Wildman–Crippen MR) is 114 cm³/mol. The summed E-state index contributed by atoms with van der Waals surface area (Å²) in [7, 11) is 0. The van der Waals surface area contributed by atoms with Crippen LogP contribution in [0.15, 0.2) is 23.8 Å². The molecule has 6 nitrogen and oxygen atoms in total. The Kier molecular flexibility index (Phi) is 37.5. The summed E-state index contributed by atoms with van der Waals surface area (Å²) in [5, 5.41) is 48.0. The predicted octanol–water partition coefficient (Wildman–Crippen LogP) is 2.27. The highest BCUT2D eigenvalue weighted by molar-refractivity contribution is 4.91. The lowest BCUT2D eigenvalue weighted by molar-refractivity contribution is 0.163. The van der Waals surface area contributed by atoms with Crippen LogP contribution >= 0.6 is 0 Å². The Labute approximate surface area is 166 Å². The molecule has 0 amide bonds. The zero-order chi connectivity index (χ0) is 20.6. The van der Waals surface area contributed by atoms with Crippen LogP contribution in [0.5, 0.6) is 0 Å². The van der Waals surface area contributed by atoms with Crippen LogP contribution in [0.2, 0.25) is 0 Å². The molecule has 2 aliphatic rings. The van der Waals surface area contributed by atoms with Crippen molar-refractivity contribution in [1.29, 1.82) is 0 Å². The third-order valence-electron chi connectivity index (χ3n) is 3.38. The van der Waals surface area contributed by atoms with Crippen molar-refractivity contribution in [2.75, 3.05) is 39.6 Å². The molecule has 0 aliphatic heterocycles. The van der Waals surface area contributed by atoms with Gasteiger partial charge in [-0.15, -0.1) is 0 Å². The summed E-state index contributed by atoms with van der Waals surface area (Å²) < 4.78 is 0. The van der Waals surface area contributed by atoms with Crippen LogP contribution in [0, 0.1) is 11.8 Å². The maximum absolute atomic E-state index is 8.39. The Morgan fingerprint density at radius 3 is 1.22 bits per heavy atom. The first kappa shape index (κ1) is 33.8. The highest BCUT2D eigenvalue weighted by Crippen LogP contribution is 2.27. The van der Waals surface area contributed by atoms with Crippen molar-refractivity contribution in [3.8, 4) is 0 Å². The minimum Gasteiger partial charge on any atom is -0.396 e. The molecule has 0 radical (unpaired) electrons. The van der Waals surface area contributed by atoms with E-state index in [0.29, 0.717) is 25.0 Å². The molecule has 0 aromatic carbocycles. The van der Waals surface area contributed by atoms with Gasteiger partial charge in [-0.2, -0.15) is 0 Å². The third-order valence-corrected chi connectivity index (χ3v) is 3.38. The number of hydrogen-bond acceptors (Lipinski definition) is 6.